The summed E-state index contributed by atoms with van der Waals surface area (Å²) in [5.74, 6) is 0.369. The lowest BCUT2D eigenvalue weighted by atomic mass is 9.99. The van der Waals surface area contributed by atoms with Gasteiger partial charge in [0.15, 0.2) is 5.79 Å². The zero-order chi connectivity index (χ0) is 13.9. The Hall–Kier alpha value is -0.0800. The molecule has 2 nitrogen and oxygen atoms in total. The van der Waals surface area contributed by atoms with E-state index in [1.54, 1.807) is 0 Å². The molecular weight excluding hydrogens is 224 g/mol. The molecule has 1 rings (SSSR count). The van der Waals surface area contributed by atoms with Crippen LogP contribution < -0.4 is 0 Å². The standard InChI is InChI=1S/C14H28O2.C2H6/c1-4-7-9-14(10-8-5-2)15-11-13(6-3)12-16-14;1-2/h13H,4-12H2,1-3H3;1-2H3. The number of hydrogen-bond acceptors (Lipinski definition) is 2. The third-order valence-corrected chi connectivity index (χ3v) is 3.56. The molecule has 0 aromatic heterocycles. The van der Waals surface area contributed by atoms with E-state index in [2.05, 4.69) is 20.8 Å². The van der Waals surface area contributed by atoms with Crippen molar-refractivity contribution in [2.45, 2.75) is 85.4 Å². The lowest BCUT2D eigenvalue weighted by Gasteiger charge is -2.40. The number of hydrogen-bond donors (Lipinski definition) is 0. The van der Waals surface area contributed by atoms with Gasteiger partial charge in [-0.2, -0.15) is 0 Å². The van der Waals surface area contributed by atoms with Gasteiger partial charge < -0.3 is 9.47 Å². The van der Waals surface area contributed by atoms with Crippen molar-refractivity contribution >= 4 is 0 Å². The Bertz CT molecular complexity index is 162. The molecule has 0 aliphatic carbocycles. The predicted octanol–water partition coefficient (Wildman–Crippen LogP) is 5.16. The number of unbranched alkanes of at least 4 members (excludes halogenated alkanes) is 2. The molecule has 110 valence electrons. The highest BCUT2D eigenvalue weighted by molar-refractivity contribution is 4.75. The highest BCUT2D eigenvalue weighted by atomic mass is 16.7. The van der Waals surface area contributed by atoms with Crippen LogP contribution in [-0.2, 0) is 9.47 Å². The maximum Gasteiger partial charge on any atom is 0.168 e. The van der Waals surface area contributed by atoms with Gasteiger partial charge in [-0.05, 0) is 19.3 Å². The van der Waals surface area contributed by atoms with E-state index >= 15 is 0 Å². The molecule has 0 bridgehead atoms. The molecule has 0 N–H and O–H groups in total. The van der Waals surface area contributed by atoms with Crippen LogP contribution in [0.3, 0.4) is 0 Å². The number of rotatable bonds is 7. The van der Waals surface area contributed by atoms with Crippen LogP contribution in [0.5, 0.6) is 0 Å². The third-order valence-electron chi connectivity index (χ3n) is 3.56. The lowest BCUT2D eigenvalue weighted by Crippen LogP contribution is -2.44. The highest BCUT2D eigenvalue weighted by Gasteiger charge is 2.35. The zero-order valence-electron chi connectivity index (χ0n) is 13.3. The normalized spacial score (nSPS) is 19.2. The second kappa shape index (κ2) is 10.8. The van der Waals surface area contributed by atoms with E-state index in [4.69, 9.17) is 9.47 Å². The Morgan fingerprint density at radius 3 is 1.67 bits per heavy atom. The fraction of sp³-hybridized carbons (Fsp3) is 1.00. The molecule has 0 radical (unpaired) electrons. The molecule has 0 atom stereocenters. The van der Waals surface area contributed by atoms with Crippen molar-refractivity contribution in [2.75, 3.05) is 13.2 Å². The van der Waals surface area contributed by atoms with Gasteiger partial charge >= 0.3 is 0 Å². The van der Waals surface area contributed by atoms with Crippen LogP contribution in [-0.4, -0.2) is 19.0 Å². The summed E-state index contributed by atoms with van der Waals surface area (Å²) >= 11 is 0. The summed E-state index contributed by atoms with van der Waals surface area (Å²) in [7, 11) is 0. The first-order valence-electron chi connectivity index (χ1n) is 8.04. The molecule has 0 unspecified atom stereocenters. The van der Waals surface area contributed by atoms with Crippen molar-refractivity contribution in [3.8, 4) is 0 Å². The van der Waals surface area contributed by atoms with Crippen molar-refractivity contribution in [2.24, 2.45) is 5.92 Å². The third kappa shape index (κ3) is 6.19. The van der Waals surface area contributed by atoms with Crippen LogP contribution in [0.2, 0.25) is 0 Å². The molecule has 0 saturated carbocycles. The Morgan fingerprint density at radius 1 is 0.889 bits per heavy atom. The van der Waals surface area contributed by atoms with E-state index in [0.29, 0.717) is 5.92 Å². The molecule has 1 fully saturated rings. The van der Waals surface area contributed by atoms with E-state index in [9.17, 15) is 0 Å². The average molecular weight is 258 g/mol. The van der Waals surface area contributed by atoms with Crippen LogP contribution in [0.15, 0.2) is 0 Å². The molecule has 0 aromatic rings. The van der Waals surface area contributed by atoms with E-state index in [1.165, 1.54) is 25.7 Å². The van der Waals surface area contributed by atoms with Crippen LogP contribution in [0, 0.1) is 5.92 Å². The van der Waals surface area contributed by atoms with Crippen molar-refractivity contribution in [1.29, 1.82) is 0 Å². The first-order valence-corrected chi connectivity index (χ1v) is 8.04. The first-order chi connectivity index (χ1) is 8.76. The van der Waals surface area contributed by atoms with Gasteiger partial charge in [-0.15, -0.1) is 0 Å². The molecule has 0 amide bonds. The minimum Gasteiger partial charge on any atom is -0.350 e. The van der Waals surface area contributed by atoms with E-state index in [0.717, 1.165) is 32.5 Å². The van der Waals surface area contributed by atoms with Crippen molar-refractivity contribution in [3.05, 3.63) is 0 Å². The maximum atomic E-state index is 6.05. The highest BCUT2D eigenvalue weighted by Crippen LogP contribution is 2.32. The molecule has 0 aromatic carbocycles. The monoisotopic (exact) mass is 258 g/mol. The van der Waals surface area contributed by atoms with Gasteiger partial charge in [0.2, 0.25) is 0 Å². The molecule has 1 saturated heterocycles. The minimum atomic E-state index is -0.238. The fourth-order valence-corrected chi connectivity index (χ4v) is 2.17. The summed E-state index contributed by atoms with van der Waals surface area (Å²) in [6.45, 7) is 12.5. The van der Waals surface area contributed by atoms with E-state index < -0.39 is 0 Å². The Labute approximate surface area is 114 Å². The van der Waals surface area contributed by atoms with Gasteiger partial charge in [-0.1, -0.05) is 47.5 Å². The molecular formula is C16H34O2. The summed E-state index contributed by atoms with van der Waals surface area (Å²) in [4.78, 5) is 0. The molecule has 1 aliphatic rings. The Morgan fingerprint density at radius 2 is 1.33 bits per heavy atom. The summed E-state index contributed by atoms with van der Waals surface area (Å²) in [5, 5.41) is 0. The van der Waals surface area contributed by atoms with E-state index in [-0.39, 0.29) is 5.79 Å². The molecule has 1 heterocycles. The largest absolute Gasteiger partial charge is 0.350 e. The van der Waals surface area contributed by atoms with Gasteiger partial charge in [0.05, 0.1) is 13.2 Å². The molecule has 1 aliphatic heterocycles. The summed E-state index contributed by atoms with van der Waals surface area (Å²) in [5.41, 5.74) is 0. The van der Waals surface area contributed by atoms with Gasteiger partial charge in [0.25, 0.3) is 0 Å². The van der Waals surface area contributed by atoms with Crippen molar-refractivity contribution in [3.63, 3.8) is 0 Å². The molecule has 2 heteroatoms. The molecule has 0 spiro atoms. The Balaban J connectivity index is 0.00000137. The van der Waals surface area contributed by atoms with Crippen LogP contribution in [0.1, 0.15) is 79.6 Å². The topological polar surface area (TPSA) is 18.5 Å². The predicted molar refractivity (Wildman–Crippen MR) is 78.8 cm³/mol. The van der Waals surface area contributed by atoms with Crippen molar-refractivity contribution in [1.82, 2.24) is 0 Å². The fourth-order valence-electron chi connectivity index (χ4n) is 2.17. The van der Waals surface area contributed by atoms with E-state index in [1.807, 2.05) is 13.8 Å². The lowest BCUT2D eigenvalue weighted by molar-refractivity contribution is -0.290. The van der Waals surface area contributed by atoms with Gasteiger partial charge in [-0.25, -0.2) is 0 Å². The smallest absolute Gasteiger partial charge is 0.168 e. The molecule has 18 heavy (non-hydrogen) atoms. The second-order valence-corrected chi connectivity index (χ2v) is 5.01. The second-order valence-electron chi connectivity index (χ2n) is 5.01. The van der Waals surface area contributed by atoms with Crippen LogP contribution >= 0.6 is 0 Å². The summed E-state index contributed by atoms with van der Waals surface area (Å²) < 4.78 is 12.1. The SMILES string of the molecule is CC.CCCCC1(CCCC)OCC(CC)CO1. The number of ether oxygens (including phenoxy) is 2. The zero-order valence-corrected chi connectivity index (χ0v) is 13.3. The first kappa shape index (κ1) is 17.9. The van der Waals surface area contributed by atoms with Crippen LogP contribution in [0.4, 0.5) is 0 Å². The van der Waals surface area contributed by atoms with Gasteiger partial charge in [0.1, 0.15) is 0 Å². The Kier molecular flexibility index (Phi) is 10.8. The van der Waals surface area contributed by atoms with Gasteiger partial charge in [0, 0.05) is 18.8 Å². The summed E-state index contributed by atoms with van der Waals surface area (Å²) in [6, 6.07) is 0. The van der Waals surface area contributed by atoms with Gasteiger partial charge in [-0.3, -0.25) is 0 Å². The van der Waals surface area contributed by atoms with Crippen LogP contribution in [0.25, 0.3) is 0 Å². The van der Waals surface area contributed by atoms with Crippen molar-refractivity contribution < 1.29 is 9.47 Å². The maximum absolute atomic E-state index is 6.05. The average Bonchev–Trinajstić information content (AvgIpc) is 2.46. The minimum absolute atomic E-state index is 0.238. The quantitative estimate of drug-likeness (QED) is 0.628. The summed E-state index contributed by atoms with van der Waals surface area (Å²) in [6.07, 6.45) is 8.16.